The molecule has 2 aromatic heterocycles. The van der Waals surface area contributed by atoms with Gasteiger partial charge in [-0.1, -0.05) is 38.5 Å². The van der Waals surface area contributed by atoms with Crippen LogP contribution in [0.1, 0.15) is 61.0 Å². The molecular weight excluding hydrogens is 442 g/mol. The number of amides is 1. The van der Waals surface area contributed by atoms with Crippen molar-refractivity contribution in [2.24, 2.45) is 5.92 Å². The maximum absolute atomic E-state index is 13.5. The number of nitrogens with one attached hydrogen (secondary N) is 1. The predicted octanol–water partition coefficient (Wildman–Crippen LogP) is 4.75. The molecule has 0 aliphatic carbocycles. The molecule has 0 radical (unpaired) electrons. The fourth-order valence-corrected chi connectivity index (χ4v) is 4.44. The van der Waals surface area contributed by atoms with Gasteiger partial charge in [0.2, 0.25) is 5.91 Å². The van der Waals surface area contributed by atoms with E-state index in [1.54, 1.807) is 24.7 Å². The fraction of sp³-hybridized carbons (Fsp3) is 0.357. The van der Waals surface area contributed by atoms with Crippen molar-refractivity contribution in [1.29, 1.82) is 0 Å². The first kappa shape index (κ1) is 25.9. The standard InChI is InChI=1S/C28H33N3O4/c1-6-18(3)27(31-11-10-17(2)12-24(31)32)28(35)30-23(14-25(33)34)21-13-22(16-29-15-21)26-19(4)8-7-9-20(26)5/h7-13,15-16,18,23,27H,6,14H2,1-5H3,(H,30,35)(H,33,34)/t18-,23+,27?/m1/s1. The molecule has 0 fully saturated rings. The highest BCUT2D eigenvalue weighted by Gasteiger charge is 2.30. The SMILES string of the molecule is CC[C@@H](C)C(C(=O)N[C@@H](CC(=O)O)c1cncc(-c2c(C)cccc2C)c1)n1ccc(C)cc1=O. The molecule has 1 amide bonds. The minimum absolute atomic E-state index is 0.139. The molecule has 3 atom stereocenters. The van der Waals surface area contributed by atoms with E-state index in [0.717, 1.165) is 27.8 Å². The Balaban J connectivity index is 2.00. The third-order valence-corrected chi connectivity index (χ3v) is 6.48. The van der Waals surface area contributed by atoms with Crippen LogP contribution in [0.25, 0.3) is 11.1 Å². The van der Waals surface area contributed by atoms with Gasteiger partial charge >= 0.3 is 5.97 Å². The highest BCUT2D eigenvalue weighted by molar-refractivity contribution is 5.82. The van der Waals surface area contributed by atoms with E-state index in [0.29, 0.717) is 12.0 Å². The molecule has 0 bridgehead atoms. The van der Waals surface area contributed by atoms with Crippen molar-refractivity contribution in [2.75, 3.05) is 0 Å². The average molecular weight is 476 g/mol. The molecule has 1 unspecified atom stereocenters. The summed E-state index contributed by atoms with van der Waals surface area (Å²) >= 11 is 0. The quantitative estimate of drug-likeness (QED) is 0.465. The van der Waals surface area contributed by atoms with Gasteiger partial charge in [0.25, 0.3) is 5.56 Å². The third kappa shape index (κ3) is 6.04. The Labute approximate surface area is 205 Å². The molecule has 3 aromatic rings. The number of aryl methyl sites for hydroxylation is 3. The molecule has 35 heavy (non-hydrogen) atoms. The van der Waals surface area contributed by atoms with Gasteiger partial charge in [-0.2, -0.15) is 0 Å². The van der Waals surface area contributed by atoms with Gasteiger partial charge in [0.05, 0.1) is 12.5 Å². The van der Waals surface area contributed by atoms with E-state index in [-0.39, 0.29) is 17.9 Å². The Morgan fingerprint density at radius 3 is 2.37 bits per heavy atom. The van der Waals surface area contributed by atoms with Gasteiger partial charge in [0.1, 0.15) is 6.04 Å². The van der Waals surface area contributed by atoms with Gasteiger partial charge in [-0.15, -0.1) is 0 Å². The van der Waals surface area contributed by atoms with Crippen LogP contribution in [-0.4, -0.2) is 26.5 Å². The zero-order valence-corrected chi connectivity index (χ0v) is 20.9. The summed E-state index contributed by atoms with van der Waals surface area (Å²) in [7, 11) is 0. The summed E-state index contributed by atoms with van der Waals surface area (Å²) < 4.78 is 1.43. The Bertz CT molecular complexity index is 1260. The fourth-order valence-electron chi connectivity index (χ4n) is 4.44. The monoisotopic (exact) mass is 475 g/mol. The summed E-state index contributed by atoms with van der Waals surface area (Å²) in [4.78, 5) is 42.3. The lowest BCUT2D eigenvalue weighted by Crippen LogP contribution is -2.42. The number of benzene rings is 1. The lowest BCUT2D eigenvalue weighted by Gasteiger charge is -2.27. The number of carbonyl (C=O) groups is 2. The van der Waals surface area contributed by atoms with Crippen LogP contribution in [0, 0.1) is 26.7 Å². The molecule has 2 N–H and O–H groups in total. The number of carbonyl (C=O) groups excluding carboxylic acids is 1. The third-order valence-electron chi connectivity index (χ3n) is 6.48. The van der Waals surface area contributed by atoms with Crippen molar-refractivity contribution in [3.63, 3.8) is 0 Å². The normalized spacial score (nSPS) is 13.6. The summed E-state index contributed by atoms with van der Waals surface area (Å²) in [5.74, 6) is -1.57. The van der Waals surface area contributed by atoms with Crippen LogP contribution >= 0.6 is 0 Å². The smallest absolute Gasteiger partial charge is 0.305 e. The van der Waals surface area contributed by atoms with Gasteiger partial charge in [0.15, 0.2) is 0 Å². The lowest BCUT2D eigenvalue weighted by atomic mass is 9.94. The zero-order valence-electron chi connectivity index (χ0n) is 20.9. The number of carboxylic acid groups (broad SMARTS) is 1. The molecule has 184 valence electrons. The van der Waals surface area contributed by atoms with Gasteiger partial charge in [-0.3, -0.25) is 19.4 Å². The van der Waals surface area contributed by atoms with Crippen LogP contribution in [-0.2, 0) is 9.59 Å². The van der Waals surface area contributed by atoms with Crippen LogP contribution in [0.4, 0.5) is 0 Å². The van der Waals surface area contributed by atoms with E-state index in [4.69, 9.17) is 0 Å². The second kappa shape index (κ2) is 11.1. The summed E-state index contributed by atoms with van der Waals surface area (Å²) in [6, 6.07) is 9.62. The van der Waals surface area contributed by atoms with E-state index >= 15 is 0 Å². The minimum atomic E-state index is -1.04. The number of hydrogen-bond donors (Lipinski definition) is 2. The van der Waals surface area contributed by atoms with E-state index in [2.05, 4.69) is 10.3 Å². The van der Waals surface area contributed by atoms with E-state index in [1.807, 2.05) is 58.9 Å². The molecule has 7 nitrogen and oxygen atoms in total. The average Bonchev–Trinajstić information content (AvgIpc) is 2.80. The van der Waals surface area contributed by atoms with Crippen molar-refractivity contribution in [2.45, 2.75) is 59.5 Å². The molecule has 0 aliphatic rings. The molecule has 2 heterocycles. The number of carboxylic acids is 1. The number of rotatable bonds is 9. The molecule has 0 saturated carbocycles. The first-order chi connectivity index (χ1) is 16.6. The second-order valence-electron chi connectivity index (χ2n) is 9.21. The molecular formula is C28H33N3O4. The Morgan fingerprint density at radius 2 is 1.77 bits per heavy atom. The number of nitrogens with zero attached hydrogens (tertiary/aromatic N) is 2. The number of hydrogen-bond acceptors (Lipinski definition) is 4. The van der Waals surface area contributed by atoms with Gasteiger partial charge in [0, 0.05) is 30.2 Å². The topological polar surface area (TPSA) is 101 Å². The molecule has 0 spiro atoms. The summed E-state index contributed by atoms with van der Waals surface area (Å²) in [6.45, 7) is 9.72. The highest BCUT2D eigenvalue weighted by atomic mass is 16.4. The van der Waals surface area contributed by atoms with Crippen LogP contribution in [0.5, 0.6) is 0 Å². The Kier molecular flexibility index (Phi) is 8.22. The second-order valence-corrected chi connectivity index (χ2v) is 9.21. The predicted molar refractivity (Wildman–Crippen MR) is 136 cm³/mol. The van der Waals surface area contributed by atoms with Crippen LogP contribution < -0.4 is 10.9 Å². The van der Waals surface area contributed by atoms with Crippen molar-refractivity contribution in [1.82, 2.24) is 14.9 Å². The molecule has 7 heteroatoms. The zero-order chi connectivity index (χ0) is 25.7. The van der Waals surface area contributed by atoms with E-state index in [9.17, 15) is 19.5 Å². The molecule has 0 saturated heterocycles. The van der Waals surface area contributed by atoms with Crippen LogP contribution in [0.3, 0.4) is 0 Å². The van der Waals surface area contributed by atoms with Crippen molar-refractivity contribution in [3.8, 4) is 11.1 Å². The lowest BCUT2D eigenvalue weighted by molar-refractivity contribution is -0.138. The minimum Gasteiger partial charge on any atom is -0.481 e. The first-order valence-corrected chi connectivity index (χ1v) is 11.8. The van der Waals surface area contributed by atoms with Crippen molar-refractivity contribution < 1.29 is 14.7 Å². The van der Waals surface area contributed by atoms with E-state index in [1.165, 1.54) is 10.6 Å². The molecule has 1 aromatic carbocycles. The van der Waals surface area contributed by atoms with Crippen molar-refractivity contribution >= 4 is 11.9 Å². The molecule has 3 rings (SSSR count). The Hall–Kier alpha value is -3.74. The Morgan fingerprint density at radius 1 is 1.09 bits per heavy atom. The maximum atomic E-state index is 13.5. The number of pyridine rings is 2. The largest absolute Gasteiger partial charge is 0.481 e. The van der Waals surface area contributed by atoms with E-state index < -0.39 is 24.0 Å². The van der Waals surface area contributed by atoms with Crippen LogP contribution in [0.2, 0.25) is 0 Å². The summed E-state index contributed by atoms with van der Waals surface area (Å²) in [6.07, 6.45) is 5.32. The maximum Gasteiger partial charge on any atom is 0.305 e. The first-order valence-electron chi connectivity index (χ1n) is 11.8. The van der Waals surface area contributed by atoms with Gasteiger partial charge < -0.3 is 15.0 Å². The van der Waals surface area contributed by atoms with Gasteiger partial charge in [-0.25, -0.2) is 0 Å². The molecule has 0 aliphatic heterocycles. The highest BCUT2D eigenvalue weighted by Crippen LogP contribution is 2.30. The number of aromatic nitrogens is 2. The summed E-state index contributed by atoms with van der Waals surface area (Å²) in [5, 5.41) is 12.5. The summed E-state index contributed by atoms with van der Waals surface area (Å²) in [5.41, 5.74) is 5.20. The number of aliphatic carboxylic acids is 1. The van der Waals surface area contributed by atoms with Crippen LogP contribution in [0.15, 0.2) is 59.8 Å². The van der Waals surface area contributed by atoms with Gasteiger partial charge in [-0.05, 0) is 66.6 Å². The van der Waals surface area contributed by atoms with Crippen molar-refractivity contribution in [3.05, 3.63) is 87.6 Å².